The van der Waals surface area contributed by atoms with Gasteiger partial charge in [0.25, 0.3) is 0 Å². The van der Waals surface area contributed by atoms with E-state index in [1.165, 1.54) is 6.20 Å². The van der Waals surface area contributed by atoms with Crippen LogP contribution in [-0.2, 0) is 0 Å². The predicted molar refractivity (Wildman–Crippen MR) is 86.3 cm³/mol. The summed E-state index contributed by atoms with van der Waals surface area (Å²) >= 11 is 0. The summed E-state index contributed by atoms with van der Waals surface area (Å²) in [5.74, 6) is 1.26. The molecule has 0 radical (unpaired) electrons. The van der Waals surface area contributed by atoms with Crippen molar-refractivity contribution >= 4 is 6.08 Å². The monoisotopic (exact) mass is 280 g/mol. The molecular weight excluding hydrogens is 260 g/mol. The second-order valence-corrected chi connectivity index (χ2v) is 4.12. The molecule has 0 bridgehead atoms. The van der Waals surface area contributed by atoms with E-state index >= 15 is 0 Å². The van der Waals surface area contributed by atoms with Crippen LogP contribution in [0.25, 0.3) is 6.08 Å². The van der Waals surface area contributed by atoms with Crippen molar-refractivity contribution in [2.75, 3.05) is 0 Å². The van der Waals surface area contributed by atoms with Gasteiger partial charge in [-0.3, -0.25) is 0 Å². The van der Waals surface area contributed by atoms with Gasteiger partial charge in [-0.2, -0.15) is 5.26 Å². The zero-order chi connectivity index (χ0) is 15.7. The predicted octanol–water partition coefficient (Wildman–Crippen LogP) is 5.11. The van der Waals surface area contributed by atoms with E-state index in [4.69, 9.17) is 10.00 Å². The number of nitrogens with zero attached hydrogens (tertiary/aromatic N) is 2. The number of hydrogen-bond acceptors (Lipinski definition) is 3. The van der Waals surface area contributed by atoms with Gasteiger partial charge in [0.1, 0.15) is 11.8 Å². The van der Waals surface area contributed by atoms with Crippen molar-refractivity contribution in [1.29, 1.82) is 5.26 Å². The third-order valence-corrected chi connectivity index (χ3v) is 2.64. The summed E-state index contributed by atoms with van der Waals surface area (Å²) in [4.78, 5) is 4.09. The molecule has 0 N–H and O–H groups in total. The zero-order valence-corrected chi connectivity index (χ0v) is 12.9. The number of ether oxygens (including phenoxy) is 1. The molecule has 0 saturated carbocycles. The Hall–Kier alpha value is -2.60. The van der Waals surface area contributed by atoms with E-state index in [1.807, 2.05) is 58.0 Å². The second kappa shape index (κ2) is 8.55. The number of benzene rings is 1. The standard InChI is InChI=1S/C16H14N2O.C2H6/c1-3-4-13-5-7-15(12(2)9-13)19-16-8-6-14(10-17)11-18-16;1-2/h3-9,11H,1-2H3;1-2H3/b4-3+;. The lowest BCUT2D eigenvalue weighted by Crippen LogP contribution is -1.91. The second-order valence-electron chi connectivity index (χ2n) is 4.12. The normalized spacial score (nSPS) is 9.67. The number of aryl methyl sites for hydroxylation is 1. The Labute approximate surface area is 126 Å². The number of allylic oxidation sites excluding steroid dienone is 1. The maximum Gasteiger partial charge on any atom is 0.219 e. The van der Waals surface area contributed by atoms with Gasteiger partial charge in [0, 0.05) is 12.3 Å². The fourth-order valence-corrected chi connectivity index (χ4v) is 1.70. The molecule has 0 aliphatic rings. The van der Waals surface area contributed by atoms with Crippen molar-refractivity contribution in [3.05, 3.63) is 59.3 Å². The van der Waals surface area contributed by atoms with E-state index in [0.717, 1.165) is 16.9 Å². The topological polar surface area (TPSA) is 45.9 Å². The molecule has 0 amide bonds. The van der Waals surface area contributed by atoms with Gasteiger partial charge >= 0.3 is 0 Å². The Balaban J connectivity index is 0.00000106. The third kappa shape index (κ3) is 4.77. The molecule has 0 unspecified atom stereocenters. The van der Waals surface area contributed by atoms with E-state index in [9.17, 15) is 0 Å². The lowest BCUT2D eigenvalue weighted by molar-refractivity contribution is 0.459. The number of hydrogen-bond donors (Lipinski definition) is 0. The van der Waals surface area contributed by atoms with E-state index in [1.54, 1.807) is 12.1 Å². The van der Waals surface area contributed by atoms with Gasteiger partial charge in [-0.1, -0.05) is 32.1 Å². The van der Waals surface area contributed by atoms with Crippen molar-refractivity contribution in [3.63, 3.8) is 0 Å². The highest BCUT2D eigenvalue weighted by Crippen LogP contribution is 2.24. The van der Waals surface area contributed by atoms with Crippen molar-refractivity contribution in [1.82, 2.24) is 4.98 Å². The maximum absolute atomic E-state index is 8.71. The van der Waals surface area contributed by atoms with Crippen LogP contribution in [0, 0.1) is 18.3 Å². The Morgan fingerprint density at radius 2 is 1.95 bits per heavy atom. The van der Waals surface area contributed by atoms with E-state index < -0.39 is 0 Å². The smallest absolute Gasteiger partial charge is 0.219 e. The molecular formula is C18H20N2O. The summed E-state index contributed by atoms with van der Waals surface area (Å²) in [6.07, 6.45) is 5.53. The molecule has 0 aliphatic carbocycles. The molecule has 0 atom stereocenters. The fourth-order valence-electron chi connectivity index (χ4n) is 1.70. The van der Waals surface area contributed by atoms with E-state index in [0.29, 0.717) is 11.4 Å². The highest BCUT2D eigenvalue weighted by Gasteiger charge is 2.03. The van der Waals surface area contributed by atoms with Gasteiger partial charge in [-0.25, -0.2) is 4.98 Å². The third-order valence-electron chi connectivity index (χ3n) is 2.64. The molecule has 2 rings (SSSR count). The van der Waals surface area contributed by atoms with Crippen LogP contribution in [0.1, 0.15) is 37.5 Å². The highest BCUT2D eigenvalue weighted by atomic mass is 16.5. The molecule has 0 spiro atoms. The highest BCUT2D eigenvalue weighted by molar-refractivity contribution is 5.53. The maximum atomic E-state index is 8.71. The summed E-state index contributed by atoms with van der Waals surface area (Å²) in [5.41, 5.74) is 2.70. The molecule has 21 heavy (non-hydrogen) atoms. The van der Waals surface area contributed by atoms with E-state index in [2.05, 4.69) is 11.1 Å². The lowest BCUT2D eigenvalue weighted by Gasteiger charge is -2.08. The van der Waals surface area contributed by atoms with Crippen molar-refractivity contribution in [3.8, 4) is 17.7 Å². The molecule has 0 saturated heterocycles. The summed E-state index contributed by atoms with van der Waals surface area (Å²) in [5, 5.41) is 8.71. The van der Waals surface area contributed by atoms with Crippen LogP contribution >= 0.6 is 0 Å². The summed E-state index contributed by atoms with van der Waals surface area (Å²) in [7, 11) is 0. The first-order valence-corrected chi connectivity index (χ1v) is 7.00. The van der Waals surface area contributed by atoms with Crippen LogP contribution in [-0.4, -0.2) is 4.98 Å². The molecule has 0 fully saturated rings. The largest absolute Gasteiger partial charge is 0.439 e. The van der Waals surface area contributed by atoms with Gasteiger partial charge in [0.05, 0.1) is 5.56 Å². The average Bonchev–Trinajstić information content (AvgIpc) is 2.53. The number of nitriles is 1. The van der Waals surface area contributed by atoms with Gasteiger partial charge in [-0.15, -0.1) is 0 Å². The average molecular weight is 280 g/mol. The lowest BCUT2D eigenvalue weighted by atomic mass is 10.1. The van der Waals surface area contributed by atoms with Gasteiger partial charge in [0.15, 0.2) is 0 Å². The molecule has 3 nitrogen and oxygen atoms in total. The zero-order valence-electron chi connectivity index (χ0n) is 12.9. The van der Waals surface area contributed by atoms with E-state index in [-0.39, 0.29) is 0 Å². The molecule has 3 heteroatoms. The van der Waals surface area contributed by atoms with Crippen LogP contribution in [0.5, 0.6) is 11.6 Å². The Bertz CT molecular complexity index is 637. The van der Waals surface area contributed by atoms with Crippen LogP contribution in [0.15, 0.2) is 42.6 Å². The van der Waals surface area contributed by atoms with Crippen LogP contribution in [0.3, 0.4) is 0 Å². The molecule has 1 heterocycles. The van der Waals surface area contributed by atoms with Crippen LogP contribution in [0.2, 0.25) is 0 Å². The van der Waals surface area contributed by atoms with Gasteiger partial charge in [-0.05, 0) is 43.2 Å². The molecule has 1 aromatic carbocycles. The Kier molecular flexibility index (Phi) is 6.70. The summed E-state index contributed by atoms with van der Waals surface area (Å²) in [6.45, 7) is 7.98. The Morgan fingerprint density at radius 3 is 2.48 bits per heavy atom. The fraction of sp³-hybridized carbons (Fsp3) is 0.222. The molecule has 108 valence electrons. The minimum atomic E-state index is 0.487. The SMILES string of the molecule is C/C=C/c1ccc(Oc2ccc(C#N)cn2)c(C)c1.CC. The van der Waals surface area contributed by atoms with Gasteiger partial charge < -0.3 is 4.74 Å². The number of aromatic nitrogens is 1. The van der Waals surface area contributed by atoms with Crippen molar-refractivity contribution < 1.29 is 4.74 Å². The molecule has 0 aliphatic heterocycles. The summed E-state index contributed by atoms with van der Waals surface area (Å²) < 4.78 is 5.70. The number of rotatable bonds is 3. The minimum absolute atomic E-state index is 0.487. The number of pyridine rings is 1. The quantitative estimate of drug-likeness (QED) is 0.784. The first-order chi connectivity index (χ1) is 10.2. The van der Waals surface area contributed by atoms with Crippen LogP contribution in [0.4, 0.5) is 0 Å². The van der Waals surface area contributed by atoms with Crippen LogP contribution < -0.4 is 4.74 Å². The molecule has 2 aromatic rings. The Morgan fingerprint density at radius 1 is 1.19 bits per heavy atom. The molecule has 1 aromatic heterocycles. The van der Waals surface area contributed by atoms with Gasteiger partial charge in [0.2, 0.25) is 5.88 Å². The summed E-state index contributed by atoms with van der Waals surface area (Å²) in [6, 6.07) is 11.4. The van der Waals surface area contributed by atoms with Crippen molar-refractivity contribution in [2.24, 2.45) is 0 Å². The van der Waals surface area contributed by atoms with Crippen molar-refractivity contribution in [2.45, 2.75) is 27.7 Å². The minimum Gasteiger partial charge on any atom is -0.439 e. The first-order valence-electron chi connectivity index (χ1n) is 7.00. The first kappa shape index (κ1) is 16.5.